The Bertz CT molecular complexity index is 1400. The number of fused-ring (bicyclic) bond motifs is 1. The summed E-state index contributed by atoms with van der Waals surface area (Å²) in [6.07, 6.45) is 3.49. The minimum absolute atomic E-state index is 0.673. The first-order chi connectivity index (χ1) is 15.9. The maximum Gasteiger partial charge on any atom is 0.328 e. The number of halogens is 2. The van der Waals surface area contributed by atoms with E-state index in [1.54, 1.807) is 6.08 Å². The van der Waals surface area contributed by atoms with Gasteiger partial charge in [-0.1, -0.05) is 84.7 Å². The second-order valence-electron chi connectivity index (χ2n) is 7.82. The highest BCUT2D eigenvalue weighted by atomic mass is 35.5. The number of hydrogen-bond acceptors (Lipinski definition) is 1. The highest BCUT2D eigenvalue weighted by Crippen LogP contribution is 2.40. The van der Waals surface area contributed by atoms with E-state index >= 15 is 0 Å². The number of carboxylic acid groups (broad SMARTS) is 1. The van der Waals surface area contributed by atoms with Gasteiger partial charge in [0, 0.05) is 27.6 Å². The topological polar surface area (TPSA) is 53.1 Å². The number of nitrogens with one attached hydrogen (secondary N) is 1. The van der Waals surface area contributed by atoms with Crippen LogP contribution in [0.25, 0.3) is 28.1 Å². The number of aryl methyl sites for hydroxylation is 1. The number of H-pyrrole nitrogens is 1. The number of aliphatic carboxylic acids is 1. The smallest absolute Gasteiger partial charge is 0.328 e. The summed E-state index contributed by atoms with van der Waals surface area (Å²) in [4.78, 5) is 14.4. The fourth-order valence-electron chi connectivity index (χ4n) is 4.04. The van der Waals surface area contributed by atoms with Crippen LogP contribution in [-0.4, -0.2) is 16.1 Å². The highest BCUT2D eigenvalue weighted by molar-refractivity contribution is 6.38. The molecule has 2 N–H and O–H groups in total. The zero-order valence-corrected chi connectivity index (χ0v) is 19.8. The molecular weight excluding hydrogens is 453 g/mol. The summed E-state index contributed by atoms with van der Waals surface area (Å²) in [6, 6.07) is 21.8. The lowest BCUT2D eigenvalue weighted by Crippen LogP contribution is -1.97. The number of carboxylic acids is 1. The molecule has 0 saturated carbocycles. The van der Waals surface area contributed by atoms with Crippen LogP contribution in [0.2, 0.25) is 10.0 Å². The number of hydrogen-bond donors (Lipinski definition) is 2. The third-order valence-electron chi connectivity index (χ3n) is 5.67. The molecule has 0 radical (unpaired) electrons. The molecule has 0 atom stereocenters. The Morgan fingerprint density at radius 3 is 2.33 bits per heavy atom. The number of aromatic amines is 1. The molecule has 5 heteroatoms. The second kappa shape index (κ2) is 9.70. The summed E-state index contributed by atoms with van der Waals surface area (Å²) in [6.45, 7) is 4.12. The predicted molar refractivity (Wildman–Crippen MR) is 139 cm³/mol. The molecule has 0 bridgehead atoms. The van der Waals surface area contributed by atoms with Gasteiger partial charge in [0.25, 0.3) is 0 Å². The van der Waals surface area contributed by atoms with Gasteiger partial charge in [0.2, 0.25) is 0 Å². The van der Waals surface area contributed by atoms with E-state index in [1.165, 1.54) is 0 Å². The summed E-state index contributed by atoms with van der Waals surface area (Å²) >= 11 is 13.2. The SMILES string of the molecule is CC/C(=C(/c1ccc(/C=C/C(=O)O)cc1)c1[nH]c2ccccc2c1Cl)c1ccc(Cl)c(C)c1. The van der Waals surface area contributed by atoms with E-state index in [0.717, 1.165) is 67.5 Å². The van der Waals surface area contributed by atoms with E-state index in [4.69, 9.17) is 28.3 Å². The van der Waals surface area contributed by atoms with Crippen molar-refractivity contribution >= 4 is 57.3 Å². The molecule has 0 fully saturated rings. The van der Waals surface area contributed by atoms with Crippen LogP contribution in [0.15, 0.2) is 72.8 Å². The summed E-state index contributed by atoms with van der Waals surface area (Å²) in [5.41, 5.74) is 7.86. The largest absolute Gasteiger partial charge is 0.478 e. The Morgan fingerprint density at radius 1 is 1.00 bits per heavy atom. The molecule has 3 nitrogen and oxygen atoms in total. The van der Waals surface area contributed by atoms with Gasteiger partial charge in [-0.25, -0.2) is 4.79 Å². The molecule has 0 unspecified atom stereocenters. The first kappa shape index (κ1) is 22.9. The molecule has 4 aromatic rings. The predicted octanol–water partition coefficient (Wildman–Crippen LogP) is 8.25. The normalized spacial score (nSPS) is 12.4. The summed E-state index contributed by atoms with van der Waals surface area (Å²) < 4.78 is 0. The summed E-state index contributed by atoms with van der Waals surface area (Å²) in [5, 5.41) is 11.3. The molecule has 1 aromatic heterocycles. The Labute approximate surface area is 203 Å². The number of carbonyl (C=O) groups is 1. The maximum absolute atomic E-state index is 10.9. The zero-order valence-electron chi connectivity index (χ0n) is 18.3. The standard InChI is InChI=1S/C28H23Cl2NO2/c1-3-21(20-13-14-23(29)17(2)16-20)26(19-11-8-18(9-12-19)10-15-25(32)33)28-27(30)22-6-4-5-7-24(22)31-28/h4-16,31H,3H2,1-2H3,(H,32,33)/b15-10+,26-21+. The molecule has 33 heavy (non-hydrogen) atoms. The van der Waals surface area contributed by atoms with Gasteiger partial charge in [-0.05, 0) is 59.4 Å². The molecule has 0 spiro atoms. The Morgan fingerprint density at radius 2 is 1.70 bits per heavy atom. The van der Waals surface area contributed by atoms with Gasteiger partial charge in [0.1, 0.15) is 0 Å². The summed E-state index contributed by atoms with van der Waals surface area (Å²) in [5.74, 6) is -0.976. The number of rotatable bonds is 6. The molecule has 4 rings (SSSR count). The lowest BCUT2D eigenvalue weighted by Gasteiger charge is -2.16. The molecule has 0 aliphatic carbocycles. The van der Waals surface area contributed by atoms with Crippen molar-refractivity contribution in [3.8, 4) is 0 Å². The number of allylic oxidation sites excluding steroid dienone is 1. The van der Waals surface area contributed by atoms with Crippen LogP contribution in [0.1, 0.15) is 41.3 Å². The maximum atomic E-state index is 10.9. The van der Waals surface area contributed by atoms with Gasteiger partial charge in [0.15, 0.2) is 0 Å². The minimum atomic E-state index is -0.976. The average Bonchev–Trinajstić information content (AvgIpc) is 3.14. The van der Waals surface area contributed by atoms with Gasteiger partial charge in [-0.15, -0.1) is 0 Å². The van der Waals surface area contributed by atoms with Crippen LogP contribution >= 0.6 is 23.2 Å². The molecule has 166 valence electrons. The fraction of sp³-hybridized carbons (Fsp3) is 0.107. The lowest BCUT2D eigenvalue weighted by atomic mass is 9.89. The van der Waals surface area contributed by atoms with Crippen molar-refractivity contribution in [3.63, 3.8) is 0 Å². The first-order valence-corrected chi connectivity index (χ1v) is 11.4. The van der Waals surface area contributed by atoms with Crippen molar-refractivity contribution < 1.29 is 9.90 Å². The fourth-order valence-corrected chi connectivity index (χ4v) is 4.46. The van der Waals surface area contributed by atoms with Crippen molar-refractivity contribution in [2.45, 2.75) is 20.3 Å². The minimum Gasteiger partial charge on any atom is -0.478 e. The lowest BCUT2D eigenvalue weighted by molar-refractivity contribution is -0.131. The zero-order chi connectivity index (χ0) is 23.5. The van der Waals surface area contributed by atoms with E-state index < -0.39 is 5.97 Å². The van der Waals surface area contributed by atoms with Crippen molar-refractivity contribution in [1.82, 2.24) is 4.98 Å². The van der Waals surface area contributed by atoms with E-state index in [0.29, 0.717) is 5.02 Å². The van der Waals surface area contributed by atoms with E-state index in [9.17, 15) is 4.79 Å². The van der Waals surface area contributed by atoms with E-state index in [1.807, 2.05) is 67.6 Å². The van der Waals surface area contributed by atoms with Crippen molar-refractivity contribution in [1.29, 1.82) is 0 Å². The van der Waals surface area contributed by atoms with Crippen LogP contribution < -0.4 is 0 Å². The van der Waals surface area contributed by atoms with Gasteiger partial charge >= 0.3 is 5.97 Å². The molecule has 3 aromatic carbocycles. The molecule has 1 heterocycles. The van der Waals surface area contributed by atoms with Crippen molar-refractivity contribution in [3.05, 3.63) is 111 Å². The average molecular weight is 476 g/mol. The number of benzene rings is 3. The highest BCUT2D eigenvalue weighted by Gasteiger charge is 2.19. The molecule has 0 saturated heterocycles. The quantitative estimate of drug-likeness (QED) is 0.217. The molecule has 0 aliphatic rings. The first-order valence-electron chi connectivity index (χ1n) is 10.7. The van der Waals surface area contributed by atoms with Gasteiger partial charge < -0.3 is 10.1 Å². The van der Waals surface area contributed by atoms with Gasteiger partial charge in [-0.3, -0.25) is 0 Å². The molecule has 0 aliphatic heterocycles. The van der Waals surface area contributed by atoms with Crippen LogP contribution in [-0.2, 0) is 4.79 Å². The third-order valence-corrected chi connectivity index (χ3v) is 6.49. The molecular formula is C28H23Cl2NO2. The second-order valence-corrected chi connectivity index (χ2v) is 8.61. The Balaban J connectivity index is 1.97. The Hall–Kier alpha value is -3.27. The van der Waals surface area contributed by atoms with Crippen molar-refractivity contribution in [2.24, 2.45) is 0 Å². The van der Waals surface area contributed by atoms with Crippen LogP contribution in [0.5, 0.6) is 0 Å². The molecule has 0 amide bonds. The van der Waals surface area contributed by atoms with Gasteiger partial charge in [0.05, 0.1) is 10.7 Å². The van der Waals surface area contributed by atoms with E-state index in [-0.39, 0.29) is 0 Å². The number of aromatic nitrogens is 1. The van der Waals surface area contributed by atoms with Crippen LogP contribution in [0, 0.1) is 6.92 Å². The monoisotopic (exact) mass is 475 g/mol. The van der Waals surface area contributed by atoms with E-state index in [2.05, 4.69) is 18.0 Å². The third kappa shape index (κ3) is 4.75. The van der Waals surface area contributed by atoms with Crippen molar-refractivity contribution in [2.75, 3.05) is 0 Å². The Kier molecular flexibility index (Phi) is 6.73. The van der Waals surface area contributed by atoms with Crippen LogP contribution in [0.3, 0.4) is 0 Å². The van der Waals surface area contributed by atoms with Gasteiger partial charge in [-0.2, -0.15) is 0 Å². The van der Waals surface area contributed by atoms with Crippen LogP contribution in [0.4, 0.5) is 0 Å². The summed E-state index contributed by atoms with van der Waals surface area (Å²) in [7, 11) is 0. The number of para-hydroxylation sites is 1.